The van der Waals surface area contributed by atoms with Crippen LogP contribution in [0.2, 0.25) is 0 Å². The Labute approximate surface area is 124 Å². The van der Waals surface area contributed by atoms with E-state index in [9.17, 15) is 4.79 Å². The van der Waals surface area contributed by atoms with E-state index in [2.05, 4.69) is 29.5 Å². The zero-order valence-electron chi connectivity index (χ0n) is 11.4. The molecule has 0 saturated carbocycles. The molecule has 3 aromatic heterocycles. The van der Waals surface area contributed by atoms with Crippen LogP contribution in [0.4, 0.5) is 0 Å². The van der Waals surface area contributed by atoms with Crippen LogP contribution in [0, 0.1) is 6.92 Å². The maximum Gasteiger partial charge on any atom is 0.259 e. The summed E-state index contributed by atoms with van der Waals surface area (Å²) in [5.41, 5.74) is 1.84. The SMILES string of the molecule is Cc1csc2nc(C[NH+](C)Cc3cccs3)cc(=O)n12. The lowest BCUT2D eigenvalue weighted by atomic mass is 10.3. The van der Waals surface area contributed by atoms with Gasteiger partial charge in [-0.2, -0.15) is 0 Å². The van der Waals surface area contributed by atoms with E-state index in [0.717, 1.165) is 29.4 Å². The molecule has 3 heterocycles. The van der Waals surface area contributed by atoms with Gasteiger partial charge in [-0.3, -0.25) is 9.20 Å². The fourth-order valence-electron chi connectivity index (χ4n) is 2.27. The monoisotopic (exact) mass is 306 g/mol. The van der Waals surface area contributed by atoms with E-state index >= 15 is 0 Å². The molecule has 0 spiro atoms. The highest BCUT2D eigenvalue weighted by Gasteiger charge is 2.11. The number of fused-ring (bicyclic) bond motifs is 1. The lowest BCUT2D eigenvalue weighted by molar-refractivity contribution is -0.907. The van der Waals surface area contributed by atoms with Crippen LogP contribution in [-0.2, 0) is 13.1 Å². The van der Waals surface area contributed by atoms with Crippen LogP contribution in [0.15, 0.2) is 33.8 Å². The van der Waals surface area contributed by atoms with Gasteiger partial charge in [-0.1, -0.05) is 6.07 Å². The predicted octanol–water partition coefficient (Wildman–Crippen LogP) is 1.34. The molecule has 0 aliphatic carbocycles. The molecule has 0 radical (unpaired) electrons. The van der Waals surface area contributed by atoms with Gasteiger partial charge >= 0.3 is 0 Å². The summed E-state index contributed by atoms with van der Waals surface area (Å²) in [5, 5.41) is 4.06. The molecule has 0 aliphatic heterocycles. The highest BCUT2D eigenvalue weighted by molar-refractivity contribution is 7.15. The summed E-state index contributed by atoms with van der Waals surface area (Å²) in [4.78, 5) is 20.2. The van der Waals surface area contributed by atoms with Crippen molar-refractivity contribution in [3.8, 4) is 0 Å². The molecule has 3 aromatic rings. The fraction of sp³-hybridized carbons (Fsp3) is 0.286. The zero-order chi connectivity index (χ0) is 14.1. The maximum absolute atomic E-state index is 12.1. The van der Waals surface area contributed by atoms with Crippen LogP contribution in [0.5, 0.6) is 0 Å². The number of rotatable bonds is 4. The van der Waals surface area contributed by atoms with E-state index in [4.69, 9.17) is 0 Å². The van der Waals surface area contributed by atoms with Crippen molar-refractivity contribution in [1.82, 2.24) is 9.38 Å². The van der Waals surface area contributed by atoms with Crippen molar-refractivity contribution in [2.75, 3.05) is 7.05 Å². The molecule has 4 nitrogen and oxygen atoms in total. The molecule has 6 heteroatoms. The Morgan fingerprint density at radius 3 is 2.95 bits per heavy atom. The molecule has 0 bridgehead atoms. The van der Waals surface area contributed by atoms with Gasteiger partial charge in [-0.05, 0) is 18.4 Å². The first-order chi connectivity index (χ1) is 9.63. The second-order valence-corrected chi connectivity index (χ2v) is 6.84. The number of quaternary nitrogens is 1. The Kier molecular flexibility index (Phi) is 3.69. The smallest absolute Gasteiger partial charge is 0.259 e. The quantitative estimate of drug-likeness (QED) is 0.790. The first-order valence-corrected chi connectivity index (χ1v) is 8.20. The highest BCUT2D eigenvalue weighted by Crippen LogP contribution is 2.11. The summed E-state index contributed by atoms with van der Waals surface area (Å²) in [6.45, 7) is 3.66. The molecule has 104 valence electrons. The summed E-state index contributed by atoms with van der Waals surface area (Å²) in [5.74, 6) is 0. The van der Waals surface area contributed by atoms with E-state index in [1.54, 1.807) is 21.8 Å². The van der Waals surface area contributed by atoms with Crippen molar-refractivity contribution in [3.05, 3.63) is 55.6 Å². The van der Waals surface area contributed by atoms with Gasteiger partial charge < -0.3 is 4.90 Å². The predicted molar refractivity (Wildman–Crippen MR) is 82.7 cm³/mol. The number of aromatic nitrogens is 2. The Balaban J connectivity index is 1.82. The third kappa shape index (κ3) is 2.67. The van der Waals surface area contributed by atoms with Gasteiger partial charge in [-0.15, -0.1) is 22.7 Å². The van der Waals surface area contributed by atoms with Crippen molar-refractivity contribution >= 4 is 27.6 Å². The highest BCUT2D eigenvalue weighted by atomic mass is 32.1. The van der Waals surface area contributed by atoms with E-state index in [1.807, 2.05) is 12.3 Å². The minimum absolute atomic E-state index is 0.0210. The van der Waals surface area contributed by atoms with Crippen molar-refractivity contribution in [2.24, 2.45) is 0 Å². The van der Waals surface area contributed by atoms with Gasteiger partial charge in [0.05, 0.1) is 11.9 Å². The number of nitrogens with zero attached hydrogens (tertiary/aromatic N) is 2. The molecular weight excluding hydrogens is 290 g/mol. The second kappa shape index (κ2) is 5.47. The molecule has 0 aromatic carbocycles. The first-order valence-electron chi connectivity index (χ1n) is 6.44. The third-order valence-electron chi connectivity index (χ3n) is 3.17. The standard InChI is InChI=1S/C14H15N3OS2/c1-10-9-20-14-15-11(6-13(18)17(10)14)7-16(2)8-12-4-3-5-19-12/h3-6,9H,7-8H2,1-2H3/p+1. The summed E-state index contributed by atoms with van der Waals surface area (Å²) < 4.78 is 1.67. The molecule has 0 fully saturated rings. The van der Waals surface area contributed by atoms with Crippen LogP contribution in [0.3, 0.4) is 0 Å². The van der Waals surface area contributed by atoms with Crippen LogP contribution < -0.4 is 10.5 Å². The molecule has 0 saturated heterocycles. The van der Waals surface area contributed by atoms with Crippen LogP contribution >= 0.6 is 22.7 Å². The Morgan fingerprint density at radius 1 is 1.35 bits per heavy atom. The van der Waals surface area contributed by atoms with Crippen molar-refractivity contribution in [3.63, 3.8) is 0 Å². The molecule has 0 amide bonds. The minimum Gasteiger partial charge on any atom is -0.328 e. The molecule has 1 unspecified atom stereocenters. The number of aryl methyl sites for hydroxylation is 1. The van der Waals surface area contributed by atoms with Gasteiger partial charge in [0, 0.05) is 17.1 Å². The first kappa shape index (κ1) is 13.5. The number of hydrogen-bond donors (Lipinski definition) is 1. The second-order valence-electron chi connectivity index (χ2n) is 4.97. The van der Waals surface area contributed by atoms with Gasteiger partial charge in [0.25, 0.3) is 5.56 Å². The maximum atomic E-state index is 12.1. The number of thiazole rings is 1. The lowest BCUT2D eigenvalue weighted by Gasteiger charge is -2.12. The molecule has 1 N–H and O–H groups in total. The Bertz CT molecular complexity index is 773. The summed E-state index contributed by atoms with van der Waals surface area (Å²) in [7, 11) is 2.13. The Morgan fingerprint density at radius 2 is 2.20 bits per heavy atom. The average Bonchev–Trinajstić information content (AvgIpc) is 2.99. The fourth-order valence-corrected chi connectivity index (χ4v) is 3.98. The van der Waals surface area contributed by atoms with E-state index < -0.39 is 0 Å². The normalized spacial score (nSPS) is 12.9. The van der Waals surface area contributed by atoms with Crippen LogP contribution in [0.1, 0.15) is 16.3 Å². The summed E-state index contributed by atoms with van der Waals surface area (Å²) >= 11 is 3.29. The van der Waals surface area contributed by atoms with E-state index in [0.29, 0.717) is 0 Å². The van der Waals surface area contributed by atoms with Gasteiger partial charge in [0.2, 0.25) is 0 Å². The minimum atomic E-state index is 0.0210. The van der Waals surface area contributed by atoms with Crippen LogP contribution in [0.25, 0.3) is 4.96 Å². The van der Waals surface area contributed by atoms with E-state index in [-0.39, 0.29) is 5.56 Å². The summed E-state index contributed by atoms with van der Waals surface area (Å²) in [6.07, 6.45) is 0. The zero-order valence-corrected chi connectivity index (χ0v) is 13.1. The topological polar surface area (TPSA) is 38.8 Å². The van der Waals surface area contributed by atoms with Gasteiger partial charge in [0.1, 0.15) is 18.8 Å². The van der Waals surface area contributed by atoms with Crippen LogP contribution in [-0.4, -0.2) is 16.4 Å². The molecule has 0 aliphatic rings. The van der Waals surface area contributed by atoms with Crippen molar-refractivity contribution < 1.29 is 4.90 Å². The largest absolute Gasteiger partial charge is 0.328 e. The van der Waals surface area contributed by atoms with Gasteiger partial charge in [0.15, 0.2) is 4.96 Å². The average molecular weight is 306 g/mol. The molecule has 3 rings (SSSR count). The van der Waals surface area contributed by atoms with E-state index in [1.165, 1.54) is 21.1 Å². The van der Waals surface area contributed by atoms with Gasteiger partial charge in [-0.25, -0.2) is 4.98 Å². The Hall–Kier alpha value is -1.50. The number of thiophene rings is 1. The van der Waals surface area contributed by atoms with Crippen molar-refractivity contribution in [2.45, 2.75) is 20.0 Å². The molecular formula is C14H16N3OS2+. The number of nitrogens with one attached hydrogen (secondary N) is 1. The molecule has 20 heavy (non-hydrogen) atoms. The lowest BCUT2D eigenvalue weighted by Crippen LogP contribution is -3.06. The third-order valence-corrected chi connectivity index (χ3v) is 4.99. The molecule has 1 atom stereocenters. The van der Waals surface area contributed by atoms with Crippen molar-refractivity contribution in [1.29, 1.82) is 0 Å². The summed E-state index contributed by atoms with van der Waals surface area (Å²) in [6, 6.07) is 5.87. The number of hydrogen-bond acceptors (Lipinski definition) is 4.